The van der Waals surface area contributed by atoms with Crippen LogP contribution >= 0.6 is 11.6 Å². The first-order chi connectivity index (χ1) is 12.6. The van der Waals surface area contributed by atoms with Gasteiger partial charge in [0.05, 0.1) is 0 Å². The van der Waals surface area contributed by atoms with Gasteiger partial charge >= 0.3 is 0 Å². The van der Waals surface area contributed by atoms with Crippen LogP contribution in [0.4, 0.5) is 0 Å². The molecule has 3 aliphatic rings. The lowest BCUT2D eigenvalue weighted by atomic mass is 9.77. The number of benzene rings is 1. The van der Waals surface area contributed by atoms with Gasteiger partial charge in [-0.25, -0.2) is 0 Å². The molecule has 0 aromatic heterocycles. The number of likely N-dealkylation sites (tertiary alicyclic amines) is 2. The number of carbonyl (C=O) groups is 1. The van der Waals surface area contributed by atoms with Gasteiger partial charge in [-0.15, -0.1) is 0 Å². The van der Waals surface area contributed by atoms with Gasteiger partial charge in [-0.05, 0) is 74.3 Å². The number of hydrogen-bond acceptors (Lipinski definition) is 3. The Hall–Kier alpha value is -1.10. The smallest absolute Gasteiger partial charge is 0.223 e. The van der Waals surface area contributed by atoms with Crippen molar-refractivity contribution in [1.29, 1.82) is 0 Å². The third-order valence-corrected chi connectivity index (χ3v) is 6.74. The topological polar surface area (TPSA) is 32.8 Å². The van der Waals surface area contributed by atoms with Gasteiger partial charge in [0.25, 0.3) is 0 Å². The largest absolute Gasteiger partial charge is 0.381 e. The number of carbonyl (C=O) groups excluding carboxylic acids is 1. The predicted molar refractivity (Wildman–Crippen MR) is 103 cm³/mol. The minimum absolute atomic E-state index is 0.205. The highest BCUT2D eigenvalue weighted by molar-refractivity contribution is 6.30. The number of hydrogen-bond donors (Lipinski definition) is 0. The molecular weight excluding hydrogens is 348 g/mol. The molecule has 3 fully saturated rings. The fraction of sp³-hybridized carbons (Fsp3) is 0.667. The van der Waals surface area contributed by atoms with E-state index in [9.17, 15) is 4.79 Å². The van der Waals surface area contributed by atoms with Crippen molar-refractivity contribution in [2.24, 2.45) is 11.3 Å². The van der Waals surface area contributed by atoms with E-state index < -0.39 is 0 Å². The lowest BCUT2D eigenvalue weighted by Gasteiger charge is -2.39. The van der Waals surface area contributed by atoms with Crippen LogP contribution in [0.25, 0.3) is 0 Å². The highest BCUT2D eigenvalue weighted by Gasteiger charge is 2.44. The first-order valence-electron chi connectivity index (χ1n) is 9.94. The lowest BCUT2D eigenvalue weighted by Crippen LogP contribution is -2.42. The zero-order valence-corrected chi connectivity index (χ0v) is 16.2. The molecule has 0 bridgehead atoms. The van der Waals surface area contributed by atoms with Gasteiger partial charge in [-0.1, -0.05) is 23.7 Å². The number of nitrogens with zero attached hydrogens (tertiary/aromatic N) is 2. The molecule has 0 saturated carbocycles. The van der Waals surface area contributed by atoms with Crippen LogP contribution in [-0.2, 0) is 16.1 Å². The van der Waals surface area contributed by atoms with Crippen molar-refractivity contribution in [3.8, 4) is 0 Å². The van der Waals surface area contributed by atoms with Gasteiger partial charge in [0.2, 0.25) is 5.91 Å². The van der Waals surface area contributed by atoms with E-state index in [1.54, 1.807) is 0 Å². The van der Waals surface area contributed by atoms with Crippen LogP contribution in [0.3, 0.4) is 0 Å². The molecule has 4 rings (SSSR count). The lowest BCUT2D eigenvalue weighted by molar-refractivity contribution is -0.128. The molecule has 0 aliphatic carbocycles. The van der Waals surface area contributed by atoms with Crippen LogP contribution < -0.4 is 0 Å². The summed E-state index contributed by atoms with van der Waals surface area (Å²) in [5.41, 5.74) is 1.37. The maximum absolute atomic E-state index is 12.6. The molecule has 1 aromatic carbocycles. The molecule has 3 heterocycles. The molecule has 1 aromatic rings. The Morgan fingerprint density at radius 3 is 2.65 bits per heavy atom. The van der Waals surface area contributed by atoms with E-state index in [1.165, 1.54) is 19.4 Å². The van der Waals surface area contributed by atoms with Crippen molar-refractivity contribution in [1.82, 2.24) is 9.80 Å². The van der Waals surface area contributed by atoms with Gasteiger partial charge in [-0.2, -0.15) is 0 Å². The average molecular weight is 377 g/mol. The van der Waals surface area contributed by atoms with Crippen molar-refractivity contribution in [2.75, 3.05) is 39.4 Å². The number of amides is 1. The monoisotopic (exact) mass is 376 g/mol. The van der Waals surface area contributed by atoms with Gasteiger partial charge < -0.3 is 14.5 Å². The number of halogens is 1. The van der Waals surface area contributed by atoms with E-state index in [-0.39, 0.29) is 5.41 Å². The van der Waals surface area contributed by atoms with Crippen LogP contribution in [0.1, 0.15) is 37.7 Å². The second-order valence-corrected chi connectivity index (χ2v) is 8.85. The number of piperidine rings is 1. The molecular formula is C21H29ClN2O2. The van der Waals surface area contributed by atoms with E-state index in [2.05, 4.69) is 9.80 Å². The van der Waals surface area contributed by atoms with E-state index in [1.807, 2.05) is 24.3 Å². The van der Waals surface area contributed by atoms with Crippen LogP contribution in [0, 0.1) is 11.3 Å². The Bertz CT molecular complexity index is 619. The molecule has 0 radical (unpaired) electrons. The van der Waals surface area contributed by atoms with Crippen LogP contribution in [0.5, 0.6) is 0 Å². The summed E-state index contributed by atoms with van der Waals surface area (Å²) < 4.78 is 5.48. The zero-order valence-electron chi connectivity index (χ0n) is 15.5. The Morgan fingerprint density at radius 2 is 1.96 bits per heavy atom. The predicted octanol–water partition coefficient (Wildman–Crippen LogP) is 3.58. The summed E-state index contributed by atoms with van der Waals surface area (Å²) in [5, 5.41) is 0.745. The molecule has 1 amide bonds. The standard InChI is InChI=1S/C21H29ClN2O2/c22-19-3-1-17(2-4-19)14-24-16-21(13-20(24)25)7-10-23(11-8-21)9-5-18-6-12-26-15-18/h1-4,18H,5-16H2/t18-/m0/s1. The van der Waals surface area contributed by atoms with Crippen LogP contribution in [0.2, 0.25) is 5.02 Å². The molecule has 4 nitrogen and oxygen atoms in total. The highest BCUT2D eigenvalue weighted by atomic mass is 35.5. The van der Waals surface area contributed by atoms with E-state index >= 15 is 0 Å². The maximum atomic E-state index is 12.6. The summed E-state index contributed by atoms with van der Waals surface area (Å²) in [6.07, 6.45) is 5.51. The molecule has 3 aliphatic heterocycles. The quantitative estimate of drug-likeness (QED) is 0.787. The summed E-state index contributed by atoms with van der Waals surface area (Å²) in [5.74, 6) is 1.07. The Morgan fingerprint density at radius 1 is 1.19 bits per heavy atom. The van der Waals surface area contributed by atoms with Crippen molar-refractivity contribution < 1.29 is 9.53 Å². The van der Waals surface area contributed by atoms with Crippen molar-refractivity contribution >= 4 is 17.5 Å². The molecule has 1 atom stereocenters. The highest BCUT2D eigenvalue weighted by Crippen LogP contribution is 2.41. The zero-order chi connectivity index (χ0) is 18.0. The molecule has 0 unspecified atom stereocenters. The SMILES string of the molecule is O=C1CC2(CCN(CC[C@H]3CCOC3)CC2)CN1Cc1ccc(Cl)cc1. The fourth-order valence-electron chi connectivity index (χ4n) is 4.70. The number of rotatable bonds is 5. The van der Waals surface area contributed by atoms with Crippen molar-refractivity contribution in [3.05, 3.63) is 34.9 Å². The first-order valence-corrected chi connectivity index (χ1v) is 10.3. The summed E-state index contributed by atoms with van der Waals surface area (Å²) in [6, 6.07) is 7.86. The summed E-state index contributed by atoms with van der Waals surface area (Å²) in [4.78, 5) is 17.2. The van der Waals surface area contributed by atoms with Crippen LogP contribution in [-0.4, -0.2) is 55.1 Å². The Balaban J connectivity index is 1.27. The normalized spacial score (nSPS) is 26.1. The van der Waals surface area contributed by atoms with Crippen LogP contribution in [0.15, 0.2) is 24.3 Å². The van der Waals surface area contributed by atoms with E-state index in [4.69, 9.17) is 16.3 Å². The average Bonchev–Trinajstić information content (AvgIpc) is 3.25. The fourth-order valence-corrected chi connectivity index (χ4v) is 4.82. The first kappa shape index (κ1) is 18.3. The van der Waals surface area contributed by atoms with E-state index in [0.717, 1.165) is 68.6 Å². The minimum atomic E-state index is 0.205. The van der Waals surface area contributed by atoms with Gasteiger partial charge in [0, 0.05) is 37.7 Å². The van der Waals surface area contributed by atoms with Gasteiger partial charge in [0.15, 0.2) is 0 Å². The number of ether oxygens (including phenoxy) is 1. The van der Waals surface area contributed by atoms with Crippen molar-refractivity contribution in [3.63, 3.8) is 0 Å². The Labute approximate surface area is 161 Å². The minimum Gasteiger partial charge on any atom is -0.381 e. The second-order valence-electron chi connectivity index (χ2n) is 8.41. The molecule has 142 valence electrons. The molecule has 1 spiro atoms. The van der Waals surface area contributed by atoms with Gasteiger partial charge in [-0.3, -0.25) is 4.79 Å². The summed E-state index contributed by atoms with van der Waals surface area (Å²) in [6.45, 7) is 6.98. The summed E-state index contributed by atoms with van der Waals surface area (Å²) in [7, 11) is 0. The molecule has 26 heavy (non-hydrogen) atoms. The maximum Gasteiger partial charge on any atom is 0.223 e. The van der Waals surface area contributed by atoms with E-state index in [0.29, 0.717) is 12.5 Å². The van der Waals surface area contributed by atoms with Crippen molar-refractivity contribution in [2.45, 2.75) is 38.6 Å². The molecule has 5 heteroatoms. The molecule has 3 saturated heterocycles. The summed E-state index contributed by atoms with van der Waals surface area (Å²) >= 11 is 5.96. The third-order valence-electron chi connectivity index (χ3n) is 6.49. The third kappa shape index (κ3) is 4.24. The molecule has 0 N–H and O–H groups in total. The van der Waals surface area contributed by atoms with Gasteiger partial charge in [0.1, 0.15) is 0 Å². The Kier molecular flexibility index (Phi) is 5.53. The second kappa shape index (κ2) is 7.87.